The van der Waals surface area contributed by atoms with Crippen molar-refractivity contribution >= 4 is 44.8 Å². The van der Waals surface area contributed by atoms with Crippen molar-refractivity contribution in [3.8, 4) is 0 Å². The van der Waals surface area contributed by atoms with Gasteiger partial charge in [-0.1, -0.05) is 23.7 Å². The molecule has 3 N–H and O–H groups in total. The van der Waals surface area contributed by atoms with Crippen LogP contribution in [0.3, 0.4) is 0 Å². The van der Waals surface area contributed by atoms with Crippen LogP contribution in [-0.2, 0) is 11.2 Å². The molecule has 0 aliphatic rings. The third-order valence-corrected chi connectivity index (χ3v) is 3.73. The van der Waals surface area contributed by atoms with Crippen LogP contribution in [0.15, 0.2) is 46.9 Å². The Morgan fingerprint density at radius 3 is 2.74 bits per heavy atom. The van der Waals surface area contributed by atoms with Crippen LogP contribution in [0.4, 0.5) is 11.4 Å². The van der Waals surface area contributed by atoms with Gasteiger partial charge in [0, 0.05) is 15.8 Å². The number of halogens is 2. The summed E-state index contributed by atoms with van der Waals surface area (Å²) in [5, 5.41) is 3.41. The van der Waals surface area contributed by atoms with Crippen molar-refractivity contribution in [3.05, 3.63) is 57.5 Å². The molecule has 0 radical (unpaired) electrons. The van der Waals surface area contributed by atoms with Crippen molar-refractivity contribution in [2.45, 2.75) is 6.42 Å². The molecule has 0 fully saturated rings. The zero-order valence-corrected chi connectivity index (χ0v) is 12.3. The minimum absolute atomic E-state index is 0.0974. The number of carbonyl (C=O) groups excluding carboxylic acids is 1. The average Bonchev–Trinajstić information content (AvgIpc) is 2.34. The molecule has 0 bridgehead atoms. The van der Waals surface area contributed by atoms with Crippen molar-refractivity contribution in [1.82, 2.24) is 0 Å². The van der Waals surface area contributed by atoms with Gasteiger partial charge in [0.2, 0.25) is 5.91 Å². The van der Waals surface area contributed by atoms with Crippen LogP contribution in [0.5, 0.6) is 0 Å². The monoisotopic (exact) mass is 338 g/mol. The Labute approximate surface area is 124 Å². The molecule has 2 rings (SSSR count). The van der Waals surface area contributed by atoms with E-state index in [-0.39, 0.29) is 12.3 Å². The summed E-state index contributed by atoms with van der Waals surface area (Å²) in [5.74, 6) is -0.0974. The normalized spacial score (nSPS) is 10.2. The minimum atomic E-state index is -0.0974. The van der Waals surface area contributed by atoms with Gasteiger partial charge in [0.15, 0.2) is 0 Å². The van der Waals surface area contributed by atoms with Crippen LogP contribution in [0.2, 0.25) is 5.02 Å². The molecule has 2 aromatic carbocycles. The number of carbonyl (C=O) groups is 1. The lowest BCUT2D eigenvalue weighted by Crippen LogP contribution is -2.14. The molecule has 5 heteroatoms. The molecule has 0 spiro atoms. The number of hydrogen-bond donors (Lipinski definition) is 2. The number of nitrogen functional groups attached to an aromatic ring is 1. The van der Waals surface area contributed by atoms with Gasteiger partial charge in [-0.2, -0.15) is 0 Å². The van der Waals surface area contributed by atoms with Gasteiger partial charge >= 0.3 is 0 Å². The van der Waals surface area contributed by atoms with E-state index in [0.717, 1.165) is 10.0 Å². The Balaban J connectivity index is 2.03. The standard InChI is InChI=1S/C14H12BrClN2O/c15-12-8-11(4-5-13(12)16)18-14(19)7-9-2-1-3-10(17)6-9/h1-6,8H,7,17H2,(H,18,19). The van der Waals surface area contributed by atoms with Crippen molar-refractivity contribution < 1.29 is 4.79 Å². The third-order valence-electron chi connectivity index (χ3n) is 2.52. The van der Waals surface area contributed by atoms with Crippen LogP contribution < -0.4 is 11.1 Å². The van der Waals surface area contributed by atoms with E-state index in [4.69, 9.17) is 17.3 Å². The highest BCUT2D eigenvalue weighted by atomic mass is 79.9. The number of nitrogens with one attached hydrogen (secondary N) is 1. The summed E-state index contributed by atoms with van der Waals surface area (Å²) in [4.78, 5) is 11.9. The number of amides is 1. The van der Waals surface area contributed by atoms with Gasteiger partial charge in [-0.25, -0.2) is 0 Å². The lowest BCUT2D eigenvalue weighted by atomic mass is 10.1. The van der Waals surface area contributed by atoms with E-state index in [1.165, 1.54) is 0 Å². The molecule has 1 amide bonds. The number of benzene rings is 2. The van der Waals surface area contributed by atoms with E-state index < -0.39 is 0 Å². The summed E-state index contributed by atoms with van der Waals surface area (Å²) >= 11 is 9.20. The Hall–Kier alpha value is -1.52. The molecule has 19 heavy (non-hydrogen) atoms. The third kappa shape index (κ3) is 3.98. The predicted octanol–water partition coefficient (Wildman–Crippen LogP) is 3.87. The number of rotatable bonds is 3. The fourth-order valence-electron chi connectivity index (χ4n) is 1.67. The van der Waals surface area contributed by atoms with Gasteiger partial charge in [0.25, 0.3) is 0 Å². The molecular formula is C14H12BrClN2O. The molecule has 98 valence electrons. The zero-order chi connectivity index (χ0) is 13.8. The molecule has 0 aliphatic heterocycles. The molecule has 0 heterocycles. The van der Waals surface area contributed by atoms with Crippen LogP contribution in [0.1, 0.15) is 5.56 Å². The van der Waals surface area contributed by atoms with Gasteiger partial charge in [-0.3, -0.25) is 4.79 Å². The molecule has 3 nitrogen and oxygen atoms in total. The van der Waals surface area contributed by atoms with Gasteiger partial charge < -0.3 is 11.1 Å². The van der Waals surface area contributed by atoms with Crippen LogP contribution >= 0.6 is 27.5 Å². The Kier molecular flexibility index (Phi) is 4.45. The van der Waals surface area contributed by atoms with Gasteiger partial charge in [0.05, 0.1) is 11.4 Å². The van der Waals surface area contributed by atoms with E-state index >= 15 is 0 Å². The van der Waals surface area contributed by atoms with Gasteiger partial charge in [-0.15, -0.1) is 0 Å². The second-order valence-corrected chi connectivity index (χ2v) is 5.36. The number of nitrogens with two attached hydrogens (primary N) is 1. The summed E-state index contributed by atoms with van der Waals surface area (Å²) < 4.78 is 0.746. The molecular weight excluding hydrogens is 328 g/mol. The van der Waals surface area contributed by atoms with Crippen molar-refractivity contribution in [2.75, 3.05) is 11.1 Å². The lowest BCUT2D eigenvalue weighted by Gasteiger charge is -2.07. The first-order valence-electron chi connectivity index (χ1n) is 5.64. The maximum atomic E-state index is 11.9. The van der Waals surface area contributed by atoms with E-state index in [0.29, 0.717) is 16.4 Å². The highest BCUT2D eigenvalue weighted by Gasteiger charge is 2.06. The van der Waals surface area contributed by atoms with Crippen LogP contribution in [-0.4, -0.2) is 5.91 Å². The average molecular weight is 340 g/mol. The lowest BCUT2D eigenvalue weighted by molar-refractivity contribution is -0.115. The largest absolute Gasteiger partial charge is 0.399 e. The van der Waals surface area contributed by atoms with E-state index in [2.05, 4.69) is 21.2 Å². The van der Waals surface area contributed by atoms with E-state index in [1.807, 2.05) is 12.1 Å². The van der Waals surface area contributed by atoms with Gasteiger partial charge in [0.1, 0.15) is 0 Å². The quantitative estimate of drug-likeness (QED) is 0.834. The summed E-state index contributed by atoms with van der Waals surface area (Å²) in [5.41, 5.74) is 7.90. The minimum Gasteiger partial charge on any atom is -0.399 e. The van der Waals surface area contributed by atoms with Crippen LogP contribution in [0, 0.1) is 0 Å². The van der Waals surface area contributed by atoms with Crippen LogP contribution in [0.25, 0.3) is 0 Å². The Morgan fingerprint density at radius 2 is 2.05 bits per heavy atom. The molecule has 0 unspecified atom stereocenters. The second-order valence-electron chi connectivity index (χ2n) is 4.10. The SMILES string of the molecule is Nc1cccc(CC(=O)Nc2ccc(Cl)c(Br)c2)c1. The fraction of sp³-hybridized carbons (Fsp3) is 0.0714. The Bertz CT molecular complexity index is 616. The van der Waals surface area contributed by atoms with E-state index in [1.54, 1.807) is 30.3 Å². The maximum Gasteiger partial charge on any atom is 0.228 e. The van der Waals surface area contributed by atoms with Crippen molar-refractivity contribution in [1.29, 1.82) is 0 Å². The summed E-state index contributed by atoms with van der Waals surface area (Å²) in [6.45, 7) is 0. The van der Waals surface area contributed by atoms with Gasteiger partial charge in [-0.05, 0) is 51.8 Å². The molecule has 0 atom stereocenters. The fourth-order valence-corrected chi connectivity index (χ4v) is 2.16. The molecule has 0 aromatic heterocycles. The molecule has 0 saturated heterocycles. The highest BCUT2D eigenvalue weighted by molar-refractivity contribution is 9.10. The molecule has 2 aromatic rings. The van der Waals surface area contributed by atoms with E-state index in [9.17, 15) is 4.79 Å². The zero-order valence-electron chi connectivity index (χ0n) is 9.99. The topological polar surface area (TPSA) is 55.1 Å². The maximum absolute atomic E-state index is 11.9. The Morgan fingerprint density at radius 1 is 1.26 bits per heavy atom. The smallest absolute Gasteiger partial charge is 0.228 e. The number of hydrogen-bond acceptors (Lipinski definition) is 2. The van der Waals surface area contributed by atoms with Crippen molar-refractivity contribution in [2.24, 2.45) is 0 Å². The summed E-state index contributed by atoms with van der Waals surface area (Å²) in [7, 11) is 0. The summed E-state index contributed by atoms with van der Waals surface area (Å²) in [6, 6.07) is 12.5. The second kappa shape index (κ2) is 6.08. The van der Waals surface area contributed by atoms with Crippen molar-refractivity contribution in [3.63, 3.8) is 0 Å². The molecule has 0 aliphatic carbocycles. The molecule has 0 saturated carbocycles. The summed E-state index contributed by atoms with van der Waals surface area (Å²) in [6.07, 6.45) is 0.283. The first kappa shape index (κ1) is 13.9. The predicted molar refractivity (Wildman–Crippen MR) is 82.3 cm³/mol. The highest BCUT2D eigenvalue weighted by Crippen LogP contribution is 2.25. The first-order valence-corrected chi connectivity index (χ1v) is 6.81. The first-order chi connectivity index (χ1) is 9.04. The number of anilines is 2.